The molecule has 3 rings (SSSR count). The van der Waals surface area contributed by atoms with Crippen molar-refractivity contribution in [1.29, 1.82) is 5.26 Å². The topological polar surface area (TPSA) is 99.8 Å². The number of hydrogen-bond donors (Lipinski definition) is 1. The van der Waals surface area contributed by atoms with Gasteiger partial charge >= 0.3 is 6.09 Å². The molecule has 0 saturated carbocycles. The standard InChI is InChI=1S/C18H24N6O2/c1-11-16(12(2)22-21-11)13-8-20-24(9-13)15-10-23(14(15)6-7-19)17(25)26-18(3,4)5/h8-9,14-15H,6,10H2,1-5H3,(H,21,22). The van der Waals surface area contributed by atoms with Gasteiger partial charge in [-0.2, -0.15) is 15.5 Å². The maximum Gasteiger partial charge on any atom is 0.410 e. The lowest BCUT2D eigenvalue weighted by atomic mass is 9.94. The second-order valence-corrected chi connectivity index (χ2v) is 7.65. The van der Waals surface area contributed by atoms with Crippen LogP contribution < -0.4 is 0 Å². The molecule has 2 unspecified atom stereocenters. The van der Waals surface area contributed by atoms with Gasteiger partial charge in [0.25, 0.3) is 0 Å². The first-order chi connectivity index (χ1) is 12.2. The number of nitriles is 1. The summed E-state index contributed by atoms with van der Waals surface area (Å²) < 4.78 is 7.27. The average molecular weight is 356 g/mol. The second-order valence-electron chi connectivity index (χ2n) is 7.65. The van der Waals surface area contributed by atoms with Gasteiger partial charge in [0.1, 0.15) is 5.60 Å². The van der Waals surface area contributed by atoms with Crippen molar-refractivity contribution in [3.05, 3.63) is 23.8 Å². The summed E-state index contributed by atoms with van der Waals surface area (Å²) in [6.45, 7) is 9.89. The van der Waals surface area contributed by atoms with E-state index in [1.807, 2.05) is 45.5 Å². The Balaban J connectivity index is 1.78. The molecule has 1 N–H and O–H groups in total. The van der Waals surface area contributed by atoms with Crippen LogP contribution in [0.5, 0.6) is 0 Å². The monoisotopic (exact) mass is 356 g/mol. The van der Waals surface area contributed by atoms with Gasteiger partial charge in [-0.15, -0.1) is 0 Å². The zero-order valence-corrected chi connectivity index (χ0v) is 15.8. The highest BCUT2D eigenvalue weighted by Crippen LogP contribution is 2.34. The molecular weight excluding hydrogens is 332 g/mol. The van der Waals surface area contributed by atoms with E-state index in [2.05, 4.69) is 21.4 Å². The third-order valence-corrected chi connectivity index (χ3v) is 4.51. The Bertz CT molecular complexity index is 834. The van der Waals surface area contributed by atoms with Crippen molar-refractivity contribution in [3.8, 4) is 17.2 Å². The van der Waals surface area contributed by atoms with Crippen LogP contribution in [0.25, 0.3) is 11.1 Å². The predicted octanol–water partition coefficient (Wildman–Crippen LogP) is 2.96. The molecule has 1 fully saturated rings. The normalized spacial score (nSPS) is 19.8. The summed E-state index contributed by atoms with van der Waals surface area (Å²) in [4.78, 5) is 13.9. The molecule has 8 heteroatoms. The Morgan fingerprint density at radius 2 is 2.19 bits per heavy atom. The number of aryl methyl sites for hydroxylation is 2. The van der Waals surface area contributed by atoms with Gasteiger partial charge in [-0.25, -0.2) is 4.79 Å². The molecule has 1 amide bonds. The first-order valence-corrected chi connectivity index (χ1v) is 8.64. The van der Waals surface area contributed by atoms with E-state index in [0.717, 1.165) is 22.5 Å². The third kappa shape index (κ3) is 3.29. The molecule has 26 heavy (non-hydrogen) atoms. The summed E-state index contributed by atoms with van der Waals surface area (Å²) in [6.07, 6.45) is 3.60. The molecule has 0 bridgehead atoms. The Labute approximate surface area is 152 Å². The molecule has 0 radical (unpaired) electrons. The first kappa shape index (κ1) is 18.0. The van der Waals surface area contributed by atoms with Crippen LogP contribution >= 0.6 is 0 Å². The minimum Gasteiger partial charge on any atom is -0.444 e. The van der Waals surface area contributed by atoms with Gasteiger partial charge in [-0.3, -0.25) is 14.7 Å². The molecule has 0 aromatic carbocycles. The van der Waals surface area contributed by atoms with Crippen LogP contribution in [0.2, 0.25) is 0 Å². The maximum atomic E-state index is 12.3. The van der Waals surface area contributed by atoms with Crippen molar-refractivity contribution < 1.29 is 9.53 Å². The van der Waals surface area contributed by atoms with E-state index in [9.17, 15) is 4.79 Å². The smallest absolute Gasteiger partial charge is 0.410 e. The fourth-order valence-electron chi connectivity index (χ4n) is 3.28. The first-order valence-electron chi connectivity index (χ1n) is 8.64. The molecule has 8 nitrogen and oxygen atoms in total. The molecule has 3 heterocycles. The molecule has 138 valence electrons. The number of carbonyl (C=O) groups is 1. The summed E-state index contributed by atoms with van der Waals surface area (Å²) in [5, 5.41) is 20.8. The number of aromatic nitrogens is 4. The highest BCUT2D eigenvalue weighted by atomic mass is 16.6. The van der Waals surface area contributed by atoms with E-state index in [4.69, 9.17) is 10.00 Å². The van der Waals surface area contributed by atoms with Gasteiger partial charge in [0.2, 0.25) is 0 Å². The third-order valence-electron chi connectivity index (χ3n) is 4.51. The highest BCUT2D eigenvalue weighted by Gasteiger charge is 2.45. The SMILES string of the molecule is Cc1n[nH]c(C)c1-c1cnn(C2CN(C(=O)OC(C)(C)C)C2CC#N)c1. The number of likely N-dealkylation sites (tertiary alicyclic amines) is 1. The zero-order valence-electron chi connectivity index (χ0n) is 15.8. The summed E-state index contributed by atoms with van der Waals surface area (Å²) >= 11 is 0. The Kier molecular flexibility index (Phi) is 4.48. The van der Waals surface area contributed by atoms with E-state index in [1.54, 1.807) is 11.1 Å². The quantitative estimate of drug-likeness (QED) is 0.911. The highest BCUT2D eigenvalue weighted by molar-refractivity contribution is 5.70. The molecule has 1 saturated heterocycles. The van der Waals surface area contributed by atoms with E-state index < -0.39 is 5.60 Å². The van der Waals surface area contributed by atoms with Crippen molar-refractivity contribution in [1.82, 2.24) is 24.9 Å². The molecule has 1 aliphatic heterocycles. The summed E-state index contributed by atoms with van der Waals surface area (Å²) in [7, 11) is 0. The Hall–Kier alpha value is -2.82. The summed E-state index contributed by atoms with van der Waals surface area (Å²) in [5.41, 5.74) is 3.35. The van der Waals surface area contributed by atoms with E-state index in [1.165, 1.54) is 0 Å². The van der Waals surface area contributed by atoms with Gasteiger partial charge in [-0.1, -0.05) is 0 Å². The van der Waals surface area contributed by atoms with Crippen LogP contribution in [0.4, 0.5) is 4.79 Å². The molecular formula is C18H24N6O2. The van der Waals surface area contributed by atoms with Crippen molar-refractivity contribution >= 4 is 6.09 Å². The molecule has 1 aliphatic rings. The predicted molar refractivity (Wildman–Crippen MR) is 95.3 cm³/mol. The number of ether oxygens (including phenoxy) is 1. The molecule has 0 spiro atoms. The lowest BCUT2D eigenvalue weighted by Crippen LogP contribution is -2.59. The van der Waals surface area contributed by atoms with Gasteiger partial charge in [0.15, 0.2) is 0 Å². The number of H-pyrrole nitrogens is 1. The lowest BCUT2D eigenvalue weighted by Gasteiger charge is -2.46. The van der Waals surface area contributed by atoms with Crippen molar-refractivity contribution in [2.75, 3.05) is 6.54 Å². The largest absolute Gasteiger partial charge is 0.444 e. The number of amides is 1. The van der Waals surface area contributed by atoms with Gasteiger partial charge in [0.05, 0.1) is 36.5 Å². The van der Waals surface area contributed by atoms with Gasteiger partial charge < -0.3 is 4.74 Å². The molecule has 2 aromatic heterocycles. The number of aromatic amines is 1. The van der Waals surface area contributed by atoms with Crippen LogP contribution in [-0.2, 0) is 4.74 Å². The Morgan fingerprint density at radius 3 is 2.77 bits per heavy atom. The minimum absolute atomic E-state index is 0.0385. The minimum atomic E-state index is -0.561. The van der Waals surface area contributed by atoms with Crippen LogP contribution in [0.15, 0.2) is 12.4 Å². The number of hydrogen-bond acceptors (Lipinski definition) is 5. The second kappa shape index (κ2) is 6.48. The fraction of sp³-hybridized carbons (Fsp3) is 0.556. The van der Waals surface area contributed by atoms with Crippen molar-refractivity contribution in [2.24, 2.45) is 0 Å². The molecule has 2 aromatic rings. The van der Waals surface area contributed by atoms with Gasteiger partial charge in [0, 0.05) is 29.6 Å². The number of carbonyl (C=O) groups excluding carboxylic acids is 1. The summed E-state index contributed by atoms with van der Waals surface area (Å²) in [6, 6.07) is 1.88. The lowest BCUT2D eigenvalue weighted by molar-refractivity contribution is -0.0274. The maximum absolute atomic E-state index is 12.3. The zero-order chi connectivity index (χ0) is 19.1. The number of nitrogens with zero attached hydrogens (tertiary/aromatic N) is 5. The van der Waals surface area contributed by atoms with Crippen LogP contribution in [-0.4, -0.2) is 49.2 Å². The fourth-order valence-corrected chi connectivity index (χ4v) is 3.28. The van der Waals surface area contributed by atoms with Crippen LogP contribution in [0.1, 0.15) is 44.6 Å². The Morgan fingerprint density at radius 1 is 1.46 bits per heavy atom. The molecule has 2 atom stereocenters. The molecule has 0 aliphatic carbocycles. The van der Waals surface area contributed by atoms with Crippen molar-refractivity contribution in [3.63, 3.8) is 0 Å². The van der Waals surface area contributed by atoms with E-state index in [0.29, 0.717) is 6.54 Å². The van der Waals surface area contributed by atoms with E-state index >= 15 is 0 Å². The van der Waals surface area contributed by atoms with Crippen molar-refractivity contribution in [2.45, 2.75) is 58.7 Å². The number of nitrogens with one attached hydrogen (secondary N) is 1. The number of rotatable bonds is 3. The average Bonchev–Trinajstić information content (AvgIpc) is 3.09. The van der Waals surface area contributed by atoms with Crippen LogP contribution in [0, 0.1) is 25.2 Å². The summed E-state index contributed by atoms with van der Waals surface area (Å²) in [5.74, 6) is 0. The van der Waals surface area contributed by atoms with E-state index in [-0.39, 0.29) is 24.6 Å². The van der Waals surface area contributed by atoms with Gasteiger partial charge in [-0.05, 0) is 34.6 Å². The van der Waals surface area contributed by atoms with Crippen LogP contribution in [0.3, 0.4) is 0 Å².